The molecule has 0 saturated carbocycles. The molecule has 1 aromatic heterocycles. The molecular formula is C23H18ClN3O2S. The molecule has 0 amide bonds. The van der Waals surface area contributed by atoms with Gasteiger partial charge in [0.25, 0.3) is 0 Å². The molecule has 1 N–H and O–H groups in total. The molecule has 0 bridgehead atoms. The lowest BCUT2D eigenvalue weighted by Crippen LogP contribution is -2.10. The van der Waals surface area contributed by atoms with Crippen molar-refractivity contribution in [1.29, 1.82) is 0 Å². The smallest absolute Gasteiger partial charge is 0.196 e. The average molecular weight is 436 g/mol. The molecule has 30 heavy (non-hydrogen) atoms. The van der Waals surface area contributed by atoms with Gasteiger partial charge in [-0.15, -0.1) is 10.2 Å². The lowest BCUT2D eigenvalue weighted by atomic mass is 10.1. The Morgan fingerprint density at radius 1 is 0.933 bits per heavy atom. The van der Waals surface area contributed by atoms with E-state index in [0.717, 1.165) is 11.3 Å². The topological polar surface area (TPSA) is 68.0 Å². The van der Waals surface area contributed by atoms with Gasteiger partial charge in [-0.1, -0.05) is 71.9 Å². The molecule has 0 unspecified atom stereocenters. The lowest BCUT2D eigenvalue weighted by molar-refractivity contribution is 0.102. The number of ketones is 1. The number of aromatic nitrogens is 3. The first-order valence-corrected chi connectivity index (χ1v) is 10.6. The summed E-state index contributed by atoms with van der Waals surface area (Å²) in [6.45, 7) is 0. The van der Waals surface area contributed by atoms with Crippen LogP contribution in [0.3, 0.4) is 0 Å². The summed E-state index contributed by atoms with van der Waals surface area (Å²) in [7, 11) is 0. The molecule has 0 radical (unpaired) electrons. The summed E-state index contributed by atoms with van der Waals surface area (Å²) in [5.41, 5.74) is 2.12. The first kappa shape index (κ1) is 20.3. The predicted molar refractivity (Wildman–Crippen MR) is 118 cm³/mol. The number of aliphatic hydroxyl groups is 1. The van der Waals surface area contributed by atoms with E-state index in [0.29, 0.717) is 21.6 Å². The highest BCUT2D eigenvalue weighted by atomic mass is 35.5. The molecule has 0 aliphatic rings. The van der Waals surface area contributed by atoms with E-state index < -0.39 is 6.10 Å². The molecule has 0 fully saturated rings. The summed E-state index contributed by atoms with van der Waals surface area (Å²) in [6, 6.07) is 25.6. The third-order valence-corrected chi connectivity index (χ3v) is 5.71. The van der Waals surface area contributed by atoms with Crippen LogP contribution in [-0.4, -0.2) is 31.4 Å². The molecule has 0 aliphatic carbocycles. The molecular weight excluding hydrogens is 418 g/mol. The van der Waals surface area contributed by atoms with Crippen LogP contribution in [0.4, 0.5) is 0 Å². The van der Waals surface area contributed by atoms with Crippen LogP contribution in [0, 0.1) is 0 Å². The zero-order chi connectivity index (χ0) is 20.9. The first-order chi connectivity index (χ1) is 14.6. The number of benzene rings is 3. The number of aliphatic hydroxyl groups excluding tert-OH is 1. The van der Waals surface area contributed by atoms with E-state index in [9.17, 15) is 9.90 Å². The number of nitrogens with zero attached hydrogens (tertiary/aromatic N) is 3. The summed E-state index contributed by atoms with van der Waals surface area (Å²) in [4.78, 5) is 12.6. The van der Waals surface area contributed by atoms with E-state index in [2.05, 4.69) is 10.2 Å². The van der Waals surface area contributed by atoms with Gasteiger partial charge >= 0.3 is 0 Å². The second kappa shape index (κ2) is 9.26. The Hall–Kier alpha value is -2.93. The molecule has 5 nitrogen and oxygen atoms in total. The summed E-state index contributed by atoms with van der Waals surface area (Å²) in [5.74, 6) is 0.548. The molecule has 4 rings (SSSR count). The van der Waals surface area contributed by atoms with Crippen molar-refractivity contribution in [2.75, 3.05) is 5.75 Å². The monoisotopic (exact) mass is 435 g/mol. The van der Waals surface area contributed by atoms with Gasteiger partial charge in [0, 0.05) is 16.3 Å². The van der Waals surface area contributed by atoms with Crippen molar-refractivity contribution in [2.45, 2.75) is 11.3 Å². The Kier molecular flexibility index (Phi) is 6.28. The van der Waals surface area contributed by atoms with Crippen LogP contribution in [0.25, 0.3) is 5.69 Å². The van der Waals surface area contributed by atoms with Crippen LogP contribution < -0.4 is 0 Å². The van der Waals surface area contributed by atoms with E-state index >= 15 is 0 Å². The first-order valence-electron chi connectivity index (χ1n) is 9.29. The Bertz CT molecular complexity index is 1130. The SMILES string of the molecule is O=C(CSc1nnc([C@@H](O)c2ccccc2)n1-c1ccccc1)c1ccc(Cl)cc1. The minimum Gasteiger partial charge on any atom is -0.380 e. The molecule has 3 aromatic carbocycles. The fourth-order valence-electron chi connectivity index (χ4n) is 3.01. The third-order valence-electron chi connectivity index (χ3n) is 4.53. The number of para-hydroxylation sites is 1. The fraction of sp³-hybridized carbons (Fsp3) is 0.0870. The van der Waals surface area contributed by atoms with Gasteiger partial charge in [-0.2, -0.15) is 0 Å². The molecule has 0 saturated heterocycles. The normalized spacial score (nSPS) is 11.9. The van der Waals surface area contributed by atoms with Crippen molar-refractivity contribution >= 4 is 29.1 Å². The molecule has 4 aromatic rings. The Labute approximate surface area is 183 Å². The van der Waals surface area contributed by atoms with Gasteiger partial charge in [-0.25, -0.2) is 0 Å². The minimum absolute atomic E-state index is 0.0376. The Morgan fingerprint density at radius 2 is 1.57 bits per heavy atom. The number of carbonyl (C=O) groups is 1. The van der Waals surface area contributed by atoms with E-state index in [4.69, 9.17) is 11.6 Å². The van der Waals surface area contributed by atoms with E-state index in [1.54, 1.807) is 28.8 Å². The molecule has 1 heterocycles. The maximum atomic E-state index is 12.6. The number of hydrogen-bond acceptors (Lipinski definition) is 5. The summed E-state index contributed by atoms with van der Waals surface area (Å²) < 4.78 is 1.79. The van der Waals surface area contributed by atoms with E-state index in [1.165, 1.54) is 11.8 Å². The van der Waals surface area contributed by atoms with Crippen molar-refractivity contribution < 1.29 is 9.90 Å². The van der Waals surface area contributed by atoms with Gasteiger partial charge < -0.3 is 5.11 Å². The zero-order valence-electron chi connectivity index (χ0n) is 15.9. The van der Waals surface area contributed by atoms with Crippen molar-refractivity contribution in [3.05, 3.63) is 107 Å². The maximum absolute atomic E-state index is 12.6. The van der Waals surface area contributed by atoms with Crippen LogP contribution in [0.15, 0.2) is 90.1 Å². The van der Waals surface area contributed by atoms with Gasteiger partial charge in [0.2, 0.25) is 0 Å². The minimum atomic E-state index is -0.944. The Balaban J connectivity index is 1.64. The number of carbonyl (C=O) groups excluding carboxylic acids is 1. The van der Waals surface area contributed by atoms with Crippen LogP contribution in [0.2, 0.25) is 5.02 Å². The van der Waals surface area contributed by atoms with Gasteiger partial charge in [-0.3, -0.25) is 9.36 Å². The number of rotatable bonds is 7. The van der Waals surface area contributed by atoms with Gasteiger partial charge in [0.15, 0.2) is 16.8 Å². The Morgan fingerprint density at radius 3 is 2.23 bits per heavy atom. The van der Waals surface area contributed by atoms with Crippen LogP contribution in [-0.2, 0) is 0 Å². The predicted octanol–water partition coefficient (Wildman–Crippen LogP) is 4.98. The van der Waals surface area contributed by atoms with Crippen LogP contribution >= 0.6 is 23.4 Å². The number of thioether (sulfide) groups is 1. The van der Waals surface area contributed by atoms with E-state index in [-0.39, 0.29) is 11.5 Å². The maximum Gasteiger partial charge on any atom is 0.196 e. The summed E-state index contributed by atoms with van der Waals surface area (Å²) in [6.07, 6.45) is -0.944. The summed E-state index contributed by atoms with van der Waals surface area (Å²) >= 11 is 7.18. The van der Waals surface area contributed by atoms with Crippen molar-refractivity contribution in [3.8, 4) is 5.69 Å². The molecule has 0 aliphatic heterocycles. The highest BCUT2D eigenvalue weighted by molar-refractivity contribution is 7.99. The van der Waals surface area contributed by atoms with Crippen molar-refractivity contribution in [2.24, 2.45) is 0 Å². The number of halogens is 1. The molecule has 150 valence electrons. The number of Topliss-reactive ketones (excluding diaryl/α,β-unsaturated/α-hetero) is 1. The standard InChI is InChI=1S/C23H18ClN3O2S/c24-18-13-11-16(12-14-18)20(28)15-30-23-26-25-22(21(29)17-7-3-1-4-8-17)27(23)19-9-5-2-6-10-19/h1-14,21,29H,15H2/t21-/m0/s1. The van der Waals surface area contributed by atoms with Crippen molar-refractivity contribution in [3.63, 3.8) is 0 Å². The zero-order valence-corrected chi connectivity index (χ0v) is 17.4. The van der Waals surface area contributed by atoms with Gasteiger partial charge in [0.1, 0.15) is 6.10 Å². The fourth-order valence-corrected chi connectivity index (χ4v) is 3.98. The molecule has 7 heteroatoms. The van der Waals surface area contributed by atoms with Gasteiger partial charge in [0.05, 0.1) is 5.75 Å². The highest BCUT2D eigenvalue weighted by Gasteiger charge is 2.22. The van der Waals surface area contributed by atoms with E-state index in [1.807, 2.05) is 60.7 Å². The number of hydrogen-bond donors (Lipinski definition) is 1. The largest absolute Gasteiger partial charge is 0.380 e. The lowest BCUT2D eigenvalue weighted by Gasteiger charge is -2.14. The quantitative estimate of drug-likeness (QED) is 0.327. The van der Waals surface area contributed by atoms with Crippen LogP contribution in [0.5, 0.6) is 0 Å². The van der Waals surface area contributed by atoms with Crippen LogP contribution in [0.1, 0.15) is 27.8 Å². The average Bonchev–Trinajstić information content (AvgIpc) is 3.22. The second-order valence-corrected chi connectivity index (χ2v) is 7.92. The molecule has 1 atom stereocenters. The highest BCUT2D eigenvalue weighted by Crippen LogP contribution is 2.28. The van der Waals surface area contributed by atoms with Crippen molar-refractivity contribution in [1.82, 2.24) is 14.8 Å². The third kappa shape index (κ3) is 4.46. The summed E-state index contributed by atoms with van der Waals surface area (Å²) in [5, 5.41) is 20.5. The van der Waals surface area contributed by atoms with Gasteiger partial charge in [-0.05, 0) is 42.0 Å². The second-order valence-electron chi connectivity index (χ2n) is 6.54. The molecule has 0 spiro atoms.